The van der Waals surface area contributed by atoms with Gasteiger partial charge in [-0.05, 0) is 30.3 Å². The lowest BCUT2D eigenvalue weighted by atomic mass is 10.0. The smallest absolute Gasteiger partial charge is 0.224 e. The van der Waals surface area contributed by atoms with E-state index in [1.54, 1.807) is 26.6 Å². The highest BCUT2D eigenvalue weighted by Gasteiger charge is 2.22. The van der Waals surface area contributed by atoms with Crippen molar-refractivity contribution in [1.82, 2.24) is 29.4 Å². The van der Waals surface area contributed by atoms with E-state index < -0.39 is 0 Å². The molecule has 0 amide bonds. The average molecular weight is 562 g/mol. The van der Waals surface area contributed by atoms with Crippen molar-refractivity contribution in [3.8, 4) is 0 Å². The van der Waals surface area contributed by atoms with Gasteiger partial charge in [0.2, 0.25) is 5.96 Å². The zero-order valence-corrected chi connectivity index (χ0v) is 23.6. The number of allylic oxidation sites excluding steroid dienone is 3. The molecule has 3 aromatic heterocycles. The van der Waals surface area contributed by atoms with Gasteiger partial charge in [0.1, 0.15) is 23.3 Å². The van der Waals surface area contributed by atoms with Crippen LogP contribution < -0.4 is 16.0 Å². The van der Waals surface area contributed by atoms with Gasteiger partial charge in [0.15, 0.2) is 5.65 Å². The van der Waals surface area contributed by atoms with E-state index in [1.807, 2.05) is 22.7 Å². The van der Waals surface area contributed by atoms with Crippen molar-refractivity contribution in [3.05, 3.63) is 75.3 Å². The normalized spacial score (nSPS) is 19.6. The van der Waals surface area contributed by atoms with Gasteiger partial charge in [0.05, 0.1) is 43.4 Å². The molecule has 0 unspecified atom stereocenters. The number of pyridine rings is 2. The van der Waals surface area contributed by atoms with Gasteiger partial charge in [-0.15, -0.1) is 10.2 Å². The molecule has 208 valence electrons. The van der Waals surface area contributed by atoms with Crippen LogP contribution in [0.1, 0.15) is 24.6 Å². The third-order valence-corrected chi connectivity index (χ3v) is 7.96. The minimum absolute atomic E-state index is 0.441. The quantitative estimate of drug-likeness (QED) is 0.488. The summed E-state index contributed by atoms with van der Waals surface area (Å²) in [5.74, 6) is 1.80. The number of aliphatic imine (C=N–C) groups is 1. The van der Waals surface area contributed by atoms with Crippen molar-refractivity contribution in [1.29, 1.82) is 0 Å². The van der Waals surface area contributed by atoms with E-state index in [-0.39, 0.29) is 0 Å². The molecule has 12 heteroatoms. The molecule has 11 nitrogen and oxygen atoms in total. The number of likely N-dealkylation sites (N-methyl/N-ethyl adjacent to an activating group) is 1. The first-order valence-corrected chi connectivity index (χ1v) is 13.8. The summed E-state index contributed by atoms with van der Waals surface area (Å²) >= 11 is 6.74. The Morgan fingerprint density at radius 3 is 2.62 bits per heavy atom. The lowest BCUT2D eigenvalue weighted by Gasteiger charge is -2.33. The predicted molar refractivity (Wildman–Crippen MR) is 153 cm³/mol. The molecule has 0 aromatic carbocycles. The number of methoxy groups -OCH3 is 2. The largest absolute Gasteiger partial charge is 0.501 e. The van der Waals surface area contributed by atoms with Crippen molar-refractivity contribution in [2.45, 2.75) is 26.4 Å². The second kappa shape index (κ2) is 11.4. The molecular formula is C28H32ClN9O2. The number of hydrogen-bond acceptors (Lipinski definition) is 10. The first-order chi connectivity index (χ1) is 19.6. The van der Waals surface area contributed by atoms with Crippen LogP contribution >= 0.6 is 11.6 Å². The molecule has 1 N–H and O–H groups in total. The molecule has 3 aliphatic rings. The van der Waals surface area contributed by atoms with E-state index in [0.717, 1.165) is 78.3 Å². The van der Waals surface area contributed by atoms with E-state index >= 15 is 0 Å². The number of fused-ring (bicyclic) bond motifs is 3. The number of nitrogens with one attached hydrogen (secondary N) is 1. The molecular weight excluding hydrogens is 530 g/mol. The topological polar surface area (TPSA) is 105 Å². The Bertz CT molecular complexity index is 1630. The number of anilines is 1. The number of hydrogen-bond donors (Lipinski definition) is 1. The zero-order valence-electron chi connectivity index (χ0n) is 22.9. The SMILES string of the molecule is CCN1CCN(Cc2ccc(NC3=NCc4cc(=C5CC(OC)=CC(OC)=C5Cl)c5nncn5c4=N3)cn2)CC1. The summed E-state index contributed by atoms with van der Waals surface area (Å²) < 4.78 is 12.9. The van der Waals surface area contributed by atoms with Crippen molar-refractivity contribution >= 4 is 34.5 Å². The Morgan fingerprint density at radius 1 is 1.07 bits per heavy atom. The van der Waals surface area contributed by atoms with E-state index in [0.29, 0.717) is 35.4 Å². The van der Waals surface area contributed by atoms with Gasteiger partial charge in [-0.25, -0.2) is 4.99 Å². The highest BCUT2D eigenvalue weighted by molar-refractivity contribution is 6.36. The molecule has 0 radical (unpaired) electrons. The monoisotopic (exact) mass is 561 g/mol. The van der Waals surface area contributed by atoms with Crippen LogP contribution in [0.3, 0.4) is 0 Å². The number of ether oxygens (including phenoxy) is 2. The molecule has 6 rings (SSSR count). The molecule has 0 bridgehead atoms. The second-order valence-electron chi connectivity index (χ2n) is 9.91. The summed E-state index contributed by atoms with van der Waals surface area (Å²) in [6, 6.07) is 6.12. The summed E-state index contributed by atoms with van der Waals surface area (Å²) in [7, 11) is 3.22. The summed E-state index contributed by atoms with van der Waals surface area (Å²) in [5, 5.41) is 13.2. The zero-order chi connectivity index (χ0) is 27.6. The first-order valence-electron chi connectivity index (χ1n) is 13.4. The molecule has 0 spiro atoms. The average Bonchev–Trinajstić information content (AvgIpc) is 3.49. The van der Waals surface area contributed by atoms with E-state index in [2.05, 4.69) is 48.3 Å². The van der Waals surface area contributed by atoms with Gasteiger partial charge < -0.3 is 19.7 Å². The lowest BCUT2D eigenvalue weighted by molar-refractivity contribution is 0.131. The number of aromatic nitrogens is 4. The highest BCUT2D eigenvalue weighted by atomic mass is 35.5. The maximum Gasteiger partial charge on any atom is 0.224 e. The molecule has 1 saturated heterocycles. The van der Waals surface area contributed by atoms with Crippen LogP contribution in [0.5, 0.6) is 0 Å². The molecule has 1 fully saturated rings. The fraction of sp³-hybridized carbons (Fsp3) is 0.393. The van der Waals surface area contributed by atoms with Crippen LogP contribution in [-0.4, -0.2) is 82.3 Å². The predicted octanol–water partition coefficient (Wildman–Crippen LogP) is 2.04. The first kappa shape index (κ1) is 26.4. The number of guanidine groups is 1. The van der Waals surface area contributed by atoms with E-state index in [4.69, 9.17) is 26.1 Å². The van der Waals surface area contributed by atoms with Crippen molar-refractivity contribution < 1.29 is 9.47 Å². The van der Waals surface area contributed by atoms with Crippen LogP contribution in [-0.2, 0) is 22.6 Å². The Morgan fingerprint density at radius 2 is 1.90 bits per heavy atom. The molecule has 5 heterocycles. The van der Waals surface area contributed by atoms with Crippen LogP contribution in [0.15, 0.2) is 63.3 Å². The maximum atomic E-state index is 6.74. The summed E-state index contributed by atoms with van der Waals surface area (Å²) in [6.45, 7) is 9.00. The standard InChI is InChI=1S/C28H32ClN9O2/c1-4-36-7-9-37(10-8-36)16-20-6-5-19(15-30-20)33-28-31-14-18-11-23(27-35-32-17-38(27)26(18)34-28)22-12-21(39-2)13-24(40-3)25(22)29/h5-6,11,13,15,17H,4,7-10,12,14,16H2,1-3H3,(H,31,33). The second-order valence-corrected chi connectivity index (χ2v) is 10.3. The van der Waals surface area contributed by atoms with Crippen LogP contribution in [0, 0.1) is 0 Å². The number of nitrogens with zero attached hydrogens (tertiary/aromatic N) is 8. The van der Waals surface area contributed by atoms with E-state index in [9.17, 15) is 0 Å². The van der Waals surface area contributed by atoms with Crippen molar-refractivity contribution in [2.75, 3.05) is 52.3 Å². The van der Waals surface area contributed by atoms with E-state index in [1.165, 1.54) is 0 Å². The van der Waals surface area contributed by atoms with Gasteiger partial charge >= 0.3 is 0 Å². The minimum atomic E-state index is 0.441. The van der Waals surface area contributed by atoms with Gasteiger partial charge in [-0.3, -0.25) is 14.3 Å². The fourth-order valence-corrected chi connectivity index (χ4v) is 5.53. The molecule has 0 saturated carbocycles. The summed E-state index contributed by atoms with van der Waals surface area (Å²) in [4.78, 5) is 19.1. The molecule has 1 aliphatic carbocycles. The Balaban J connectivity index is 1.25. The molecule has 40 heavy (non-hydrogen) atoms. The van der Waals surface area contributed by atoms with Crippen molar-refractivity contribution in [3.63, 3.8) is 0 Å². The van der Waals surface area contributed by atoms with Crippen LogP contribution in [0.4, 0.5) is 5.69 Å². The number of piperazine rings is 1. The molecule has 0 atom stereocenters. The van der Waals surface area contributed by atoms with Crippen LogP contribution in [0.25, 0.3) is 11.2 Å². The Kier molecular flexibility index (Phi) is 7.50. The third kappa shape index (κ3) is 5.19. The number of halogens is 1. The lowest BCUT2D eigenvalue weighted by Crippen LogP contribution is -2.45. The Hall–Kier alpha value is -3.80. The van der Waals surface area contributed by atoms with Gasteiger partial charge in [-0.2, -0.15) is 4.99 Å². The number of rotatable bonds is 6. The van der Waals surface area contributed by atoms with Crippen LogP contribution in [0.2, 0.25) is 0 Å². The van der Waals surface area contributed by atoms with Crippen molar-refractivity contribution in [2.24, 2.45) is 9.98 Å². The maximum absolute atomic E-state index is 6.74. The van der Waals surface area contributed by atoms with Gasteiger partial charge in [-0.1, -0.05) is 18.5 Å². The third-order valence-electron chi connectivity index (χ3n) is 7.54. The molecule has 3 aromatic rings. The Labute approximate surface area is 237 Å². The molecule has 2 aliphatic heterocycles. The summed E-state index contributed by atoms with van der Waals surface area (Å²) in [5.41, 5.74) is 5.05. The van der Waals surface area contributed by atoms with Gasteiger partial charge in [0.25, 0.3) is 0 Å². The fourth-order valence-electron chi connectivity index (χ4n) is 5.23. The minimum Gasteiger partial charge on any atom is -0.501 e. The summed E-state index contributed by atoms with van der Waals surface area (Å²) in [6.07, 6.45) is 5.81. The highest BCUT2D eigenvalue weighted by Crippen LogP contribution is 2.33. The van der Waals surface area contributed by atoms with Gasteiger partial charge in [0, 0.05) is 56.0 Å².